The fourth-order valence-electron chi connectivity index (χ4n) is 1.40. The lowest BCUT2D eigenvalue weighted by molar-refractivity contribution is 0.0691. The summed E-state index contributed by atoms with van der Waals surface area (Å²) in [5.41, 5.74) is 0.184. The molecule has 1 heterocycles. The van der Waals surface area contributed by atoms with Crippen LogP contribution in [-0.2, 0) is 6.42 Å². The number of aromatic carboxylic acids is 1. The third-order valence-corrected chi connectivity index (χ3v) is 3.17. The van der Waals surface area contributed by atoms with Crippen LogP contribution >= 0.6 is 11.3 Å². The van der Waals surface area contributed by atoms with Gasteiger partial charge in [-0.3, -0.25) is 0 Å². The molecular weight excluding hydrogens is 210 g/mol. The highest BCUT2D eigenvalue weighted by molar-refractivity contribution is 7.09. The van der Waals surface area contributed by atoms with E-state index in [9.17, 15) is 4.79 Å². The molecule has 15 heavy (non-hydrogen) atoms. The Labute approximate surface area is 94.2 Å². The number of nitrogens with zero attached hydrogens (tertiary/aromatic N) is 1. The maximum atomic E-state index is 10.6. The quantitative estimate of drug-likeness (QED) is 0.727. The second-order valence-corrected chi connectivity index (χ2v) is 4.54. The third-order valence-electron chi connectivity index (χ3n) is 2.27. The maximum Gasteiger partial charge on any atom is 0.355 e. The third kappa shape index (κ3) is 4.42. The van der Waals surface area contributed by atoms with Crippen molar-refractivity contribution in [3.8, 4) is 0 Å². The van der Waals surface area contributed by atoms with Gasteiger partial charge in [-0.15, -0.1) is 11.3 Å². The predicted octanol–water partition coefficient (Wildman–Crippen LogP) is 3.35. The van der Waals surface area contributed by atoms with Crippen molar-refractivity contribution in [3.63, 3.8) is 0 Å². The summed E-state index contributed by atoms with van der Waals surface area (Å²) in [5, 5.41) is 11.2. The van der Waals surface area contributed by atoms with E-state index in [1.807, 2.05) is 0 Å². The fraction of sp³-hybridized carbons (Fsp3) is 0.636. The lowest BCUT2D eigenvalue weighted by Gasteiger charge is -1.97. The van der Waals surface area contributed by atoms with E-state index >= 15 is 0 Å². The largest absolute Gasteiger partial charge is 0.476 e. The number of carbonyl (C=O) groups is 1. The first kappa shape index (κ1) is 12.2. The van der Waals surface area contributed by atoms with Gasteiger partial charge in [0.25, 0.3) is 0 Å². The summed E-state index contributed by atoms with van der Waals surface area (Å²) in [6.07, 6.45) is 7.07. The van der Waals surface area contributed by atoms with Crippen LogP contribution in [0.5, 0.6) is 0 Å². The average molecular weight is 227 g/mol. The van der Waals surface area contributed by atoms with Crippen molar-refractivity contribution in [2.75, 3.05) is 0 Å². The molecule has 84 valence electrons. The van der Waals surface area contributed by atoms with Gasteiger partial charge in [0.1, 0.15) is 0 Å². The van der Waals surface area contributed by atoms with E-state index in [2.05, 4.69) is 11.9 Å². The number of aryl methyl sites for hydroxylation is 1. The van der Waals surface area contributed by atoms with E-state index in [0.717, 1.165) is 17.8 Å². The Kier molecular flexibility index (Phi) is 5.32. The molecule has 0 aliphatic heterocycles. The lowest BCUT2D eigenvalue weighted by atomic mass is 10.1. The summed E-state index contributed by atoms with van der Waals surface area (Å²) in [6, 6.07) is 0. The van der Waals surface area contributed by atoms with Gasteiger partial charge in [-0.25, -0.2) is 9.78 Å². The molecule has 0 saturated carbocycles. The summed E-state index contributed by atoms with van der Waals surface area (Å²) in [6.45, 7) is 2.19. The van der Waals surface area contributed by atoms with Gasteiger partial charge in [0.05, 0.1) is 5.01 Å². The Balaban J connectivity index is 2.23. The lowest BCUT2D eigenvalue weighted by Crippen LogP contribution is -1.96. The normalized spacial score (nSPS) is 10.5. The van der Waals surface area contributed by atoms with Crippen LogP contribution in [0.25, 0.3) is 0 Å². The van der Waals surface area contributed by atoms with Gasteiger partial charge in [0, 0.05) is 5.38 Å². The van der Waals surface area contributed by atoms with E-state index in [1.165, 1.54) is 37.0 Å². The van der Waals surface area contributed by atoms with Crippen molar-refractivity contribution >= 4 is 17.3 Å². The highest BCUT2D eigenvalue weighted by Gasteiger charge is 2.07. The minimum absolute atomic E-state index is 0.184. The van der Waals surface area contributed by atoms with Gasteiger partial charge in [-0.1, -0.05) is 32.6 Å². The first-order valence-electron chi connectivity index (χ1n) is 5.41. The standard InChI is InChI=1S/C11H17NO2S/c1-2-3-4-5-6-7-10-12-9(8-15-10)11(13)14/h8H,2-7H2,1H3,(H,13,14). The molecule has 1 N–H and O–H groups in total. The van der Waals surface area contributed by atoms with Gasteiger partial charge < -0.3 is 5.11 Å². The molecule has 0 unspecified atom stereocenters. The fourth-order valence-corrected chi connectivity index (χ4v) is 2.22. The van der Waals surface area contributed by atoms with E-state index in [1.54, 1.807) is 5.38 Å². The number of carboxylic acids is 1. The van der Waals surface area contributed by atoms with Crippen molar-refractivity contribution in [1.29, 1.82) is 0 Å². The Hall–Kier alpha value is -0.900. The van der Waals surface area contributed by atoms with Gasteiger partial charge in [0.15, 0.2) is 5.69 Å². The van der Waals surface area contributed by atoms with Crippen LogP contribution in [0.2, 0.25) is 0 Å². The van der Waals surface area contributed by atoms with Crippen LogP contribution in [-0.4, -0.2) is 16.1 Å². The SMILES string of the molecule is CCCCCCCc1nc(C(=O)O)cs1. The number of aromatic nitrogens is 1. The van der Waals surface area contributed by atoms with Crippen LogP contribution in [0.4, 0.5) is 0 Å². The van der Waals surface area contributed by atoms with Crippen LogP contribution in [0.3, 0.4) is 0 Å². The molecule has 3 nitrogen and oxygen atoms in total. The molecule has 0 bridgehead atoms. The minimum Gasteiger partial charge on any atom is -0.476 e. The first-order valence-corrected chi connectivity index (χ1v) is 6.29. The molecule has 0 radical (unpaired) electrons. The highest BCUT2D eigenvalue weighted by atomic mass is 32.1. The molecular formula is C11H17NO2S. The first-order chi connectivity index (χ1) is 7.24. The van der Waals surface area contributed by atoms with Crippen LogP contribution in [0.1, 0.15) is 54.5 Å². The number of thiazole rings is 1. The molecule has 0 atom stereocenters. The van der Waals surface area contributed by atoms with Crippen molar-refractivity contribution in [3.05, 3.63) is 16.1 Å². The number of hydrogen-bond acceptors (Lipinski definition) is 3. The number of hydrogen-bond donors (Lipinski definition) is 1. The Morgan fingerprint density at radius 2 is 2.13 bits per heavy atom. The molecule has 0 aliphatic carbocycles. The minimum atomic E-state index is -0.927. The Bertz CT molecular complexity index is 309. The number of unbranched alkanes of at least 4 members (excludes halogenated alkanes) is 4. The molecule has 1 rings (SSSR count). The number of rotatable bonds is 7. The molecule has 4 heteroatoms. The van der Waals surface area contributed by atoms with Gasteiger partial charge in [-0.2, -0.15) is 0 Å². The zero-order chi connectivity index (χ0) is 11.1. The Morgan fingerprint density at radius 1 is 1.40 bits per heavy atom. The van der Waals surface area contributed by atoms with E-state index in [0.29, 0.717) is 0 Å². The Morgan fingerprint density at radius 3 is 2.73 bits per heavy atom. The molecule has 0 fully saturated rings. The van der Waals surface area contributed by atoms with Crippen molar-refractivity contribution in [1.82, 2.24) is 4.98 Å². The van der Waals surface area contributed by atoms with Crippen molar-refractivity contribution in [2.24, 2.45) is 0 Å². The van der Waals surface area contributed by atoms with Gasteiger partial charge in [-0.05, 0) is 12.8 Å². The van der Waals surface area contributed by atoms with Gasteiger partial charge in [0.2, 0.25) is 0 Å². The van der Waals surface area contributed by atoms with E-state index < -0.39 is 5.97 Å². The average Bonchev–Trinajstić information content (AvgIpc) is 2.66. The molecule has 0 aliphatic rings. The topological polar surface area (TPSA) is 50.2 Å². The monoisotopic (exact) mass is 227 g/mol. The van der Waals surface area contributed by atoms with Crippen molar-refractivity contribution in [2.45, 2.75) is 45.4 Å². The number of carboxylic acid groups (broad SMARTS) is 1. The molecule has 1 aromatic rings. The zero-order valence-corrected chi connectivity index (χ0v) is 9.85. The molecule has 0 aromatic carbocycles. The second kappa shape index (κ2) is 6.56. The van der Waals surface area contributed by atoms with E-state index in [4.69, 9.17) is 5.11 Å². The molecule has 0 spiro atoms. The second-order valence-electron chi connectivity index (χ2n) is 3.60. The molecule has 0 saturated heterocycles. The summed E-state index contributed by atoms with van der Waals surface area (Å²) in [4.78, 5) is 14.6. The molecule has 1 aromatic heterocycles. The highest BCUT2D eigenvalue weighted by Crippen LogP contribution is 2.14. The summed E-state index contributed by atoms with van der Waals surface area (Å²) >= 11 is 1.45. The smallest absolute Gasteiger partial charge is 0.355 e. The van der Waals surface area contributed by atoms with Crippen molar-refractivity contribution < 1.29 is 9.90 Å². The van der Waals surface area contributed by atoms with Crippen LogP contribution < -0.4 is 0 Å². The summed E-state index contributed by atoms with van der Waals surface area (Å²) < 4.78 is 0. The van der Waals surface area contributed by atoms with Crippen LogP contribution in [0.15, 0.2) is 5.38 Å². The summed E-state index contributed by atoms with van der Waals surface area (Å²) in [5.74, 6) is -0.927. The molecule has 0 amide bonds. The predicted molar refractivity (Wildman–Crippen MR) is 61.5 cm³/mol. The zero-order valence-electron chi connectivity index (χ0n) is 9.03. The maximum absolute atomic E-state index is 10.6. The van der Waals surface area contributed by atoms with Gasteiger partial charge >= 0.3 is 5.97 Å². The van der Waals surface area contributed by atoms with E-state index in [-0.39, 0.29) is 5.69 Å². The summed E-state index contributed by atoms with van der Waals surface area (Å²) in [7, 11) is 0. The van der Waals surface area contributed by atoms with Crippen LogP contribution in [0, 0.1) is 0 Å².